The zero-order valence-electron chi connectivity index (χ0n) is 10.8. The van der Waals surface area contributed by atoms with Gasteiger partial charge in [0.25, 0.3) is 0 Å². The number of nitrogens with zero attached hydrogens (tertiary/aromatic N) is 2. The van der Waals surface area contributed by atoms with Gasteiger partial charge in [-0.15, -0.1) is 0 Å². The fourth-order valence-electron chi connectivity index (χ4n) is 2.01. The fourth-order valence-corrected chi connectivity index (χ4v) is 2.01. The number of fused-ring (bicyclic) bond motifs is 1. The van der Waals surface area contributed by atoms with Crippen molar-refractivity contribution >= 4 is 5.65 Å². The number of aromatic nitrogens is 2. The van der Waals surface area contributed by atoms with Gasteiger partial charge in [-0.25, -0.2) is 4.98 Å². The van der Waals surface area contributed by atoms with Crippen LogP contribution in [0.15, 0.2) is 18.5 Å². The molecule has 0 bridgehead atoms. The lowest BCUT2D eigenvalue weighted by Gasteiger charge is -2.12. The summed E-state index contributed by atoms with van der Waals surface area (Å²) >= 11 is 0. The molecule has 0 saturated carbocycles. The van der Waals surface area contributed by atoms with Crippen LogP contribution in [0.25, 0.3) is 5.65 Å². The molecule has 86 valence electrons. The summed E-state index contributed by atoms with van der Waals surface area (Å²) in [5, 5.41) is 0. The smallest absolute Gasteiger partial charge is 0.140 e. The largest absolute Gasteiger partial charge is 0.306 e. The number of hydrogen-bond acceptors (Lipinski definition) is 1. The quantitative estimate of drug-likeness (QED) is 0.744. The van der Waals surface area contributed by atoms with E-state index in [0.717, 1.165) is 11.3 Å². The number of hydrogen-bond donors (Lipinski definition) is 0. The van der Waals surface area contributed by atoms with Gasteiger partial charge in [0.05, 0.1) is 5.69 Å². The predicted octanol–water partition coefficient (Wildman–Crippen LogP) is 3.89. The highest BCUT2D eigenvalue weighted by Gasteiger charge is 2.11. The summed E-state index contributed by atoms with van der Waals surface area (Å²) in [6.07, 6.45) is 4.30. The third-order valence-electron chi connectivity index (χ3n) is 3.01. The van der Waals surface area contributed by atoms with Gasteiger partial charge < -0.3 is 4.40 Å². The summed E-state index contributed by atoms with van der Waals surface area (Å²) in [6.45, 7) is 11.0. The summed E-state index contributed by atoms with van der Waals surface area (Å²) in [6, 6.07) is 2.30. The second-order valence-corrected chi connectivity index (χ2v) is 5.15. The molecule has 2 rings (SSSR count). The number of rotatable bonds is 2. The van der Waals surface area contributed by atoms with Crippen molar-refractivity contribution < 1.29 is 0 Å². The van der Waals surface area contributed by atoms with Crippen molar-refractivity contribution in [3.63, 3.8) is 0 Å². The average molecular weight is 216 g/mol. The van der Waals surface area contributed by atoms with E-state index in [-0.39, 0.29) is 0 Å². The van der Waals surface area contributed by atoms with Gasteiger partial charge in [-0.05, 0) is 29.9 Å². The molecule has 0 fully saturated rings. The maximum absolute atomic E-state index is 4.60. The van der Waals surface area contributed by atoms with Gasteiger partial charge in [-0.3, -0.25) is 0 Å². The lowest BCUT2D eigenvalue weighted by Crippen LogP contribution is -1.99. The monoisotopic (exact) mass is 216 g/mol. The van der Waals surface area contributed by atoms with Gasteiger partial charge in [-0.2, -0.15) is 0 Å². The van der Waals surface area contributed by atoms with E-state index < -0.39 is 0 Å². The summed E-state index contributed by atoms with van der Waals surface area (Å²) in [7, 11) is 0. The number of imidazole rings is 1. The van der Waals surface area contributed by atoms with Crippen LogP contribution in [-0.2, 0) is 0 Å². The Morgan fingerprint density at radius 2 is 1.75 bits per heavy atom. The van der Waals surface area contributed by atoms with E-state index in [2.05, 4.69) is 55.5 Å². The molecule has 0 aliphatic carbocycles. The van der Waals surface area contributed by atoms with Crippen LogP contribution in [0, 0.1) is 6.92 Å². The van der Waals surface area contributed by atoms with Crippen LogP contribution >= 0.6 is 0 Å². The topological polar surface area (TPSA) is 17.3 Å². The SMILES string of the molecule is Cc1cn2cc(C(C)C)cc(C(C)C)c2n1. The second kappa shape index (κ2) is 3.93. The van der Waals surface area contributed by atoms with Gasteiger partial charge in [0.15, 0.2) is 0 Å². The molecule has 2 nitrogen and oxygen atoms in total. The summed E-state index contributed by atoms with van der Waals surface area (Å²) in [5.41, 5.74) is 4.92. The Balaban J connectivity index is 2.73. The highest BCUT2D eigenvalue weighted by atomic mass is 15.0. The number of aryl methyl sites for hydroxylation is 1. The van der Waals surface area contributed by atoms with Crippen LogP contribution < -0.4 is 0 Å². The lowest BCUT2D eigenvalue weighted by molar-refractivity contribution is 0.820. The third-order valence-corrected chi connectivity index (χ3v) is 3.01. The van der Waals surface area contributed by atoms with Crippen LogP contribution in [0.2, 0.25) is 0 Å². The van der Waals surface area contributed by atoms with Gasteiger partial charge in [0, 0.05) is 12.4 Å². The van der Waals surface area contributed by atoms with Crippen molar-refractivity contribution in [2.24, 2.45) is 0 Å². The molecule has 0 unspecified atom stereocenters. The second-order valence-electron chi connectivity index (χ2n) is 5.15. The molecule has 16 heavy (non-hydrogen) atoms. The van der Waals surface area contributed by atoms with Crippen LogP contribution in [-0.4, -0.2) is 9.38 Å². The Hall–Kier alpha value is -1.31. The van der Waals surface area contributed by atoms with Crippen molar-refractivity contribution in [1.29, 1.82) is 0 Å². The highest BCUT2D eigenvalue weighted by molar-refractivity contribution is 5.52. The van der Waals surface area contributed by atoms with Gasteiger partial charge in [-0.1, -0.05) is 33.8 Å². The molecule has 0 spiro atoms. The minimum absolute atomic E-state index is 0.517. The van der Waals surface area contributed by atoms with E-state index in [1.54, 1.807) is 0 Å². The predicted molar refractivity (Wildman–Crippen MR) is 68.1 cm³/mol. The maximum Gasteiger partial charge on any atom is 0.140 e. The number of pyridine rings is 1. The van der Waals surface area contributed by atoms with E-state index in [1.165, 1.54) is 11.1 Å². The Morgan fingerprint density at radius 1 is 1.06 bits per heavy atom. The molecule has 0 amide bonds. The molecule has 0 radical (unpaired) electrons. The molecular weight excluding hydrogens is 196 g/mol. The molecule has 2 aromatic heterocycles. The first-order valence-corrected chi connectivity index (χ1v) is 5.98. The minimum atomic E-state index is 0.517. The van der Waals surface area contributed by atoms with Gasteiger partial charge in [0.1, 0.15) is 5.65 Å². The average Bonchev–Trinajstić information content (AvgIpc) is 2.55. The van der Waals surface area contributed by atoms with Gasteiger partial charge in [0.2, 0.25) is 0 Å². The normalized spacial score (nSPS) is 11.9. The Kier molecular flexibility index (Phi) is 2.75. The molecule has 0 aromatic carbocycles. The molecule has 2 aromatic rings. The van der Waals surface area contributed by atoms with Crippen LogP contribution in [0.5, 0.6) is 0 Å². The molecule has 0 saturated heterocycles. The molecular formula is C14H20N2. The van der Waals surface area contributed by atoms with Gasteiger partial charge >= 0.3 is 0 Å². The third kappa shape index (κ3) is 1.84. The summed E-state index contributed by atoms with van der Waals surface area (Å²) in [4.78, 5) is 4.60. The van der Waals surface area contributed by atoms with Crippen molar-refractivity contribution in [1.82, 2.24) is 9.38 Å². The first-order valence-electron chi connectivity index (χ1n) is 5.98. The maximum atomic E-state index is 4.60. The molecule has 0 aliphatic rings. The molecule has 0 atom stereocenters. The standard InChI is InChI=1S/C14H20N2/c1-9(2)12-6-13(10(3)4)14-15-11(5)7-16(14)8-12/h6-10H,1-5H3. The zero-order chi connectivity index (χ0) is 11.9. The minimum Gasteiger partial charge on any atom is -0.306 e. The van der Waals surface area contributed by atoms with E-state index >= 15 is 0 Å². The van der Waals surface area contributed by atoms with Crippen LogP contribution in [0.4, 0.5) is 0 Å². The van der Waals surface area contributed by atoms with Crippen molar-refractivity contribution in [2.45, 2.75) is 46.5 Å². The lowest BCUT2D eigenvalue weighted by atomic mass is 9.98. The summed E-state index contributed by atoms with van der Waals surface area (Å²) in [5.74, 6) is 1.08. The van der Waals surface area contributed by atoms with Crippen LogP contribution in [0.3, 0.4) is 0 Å². The van der Waals surface area contributed by atoms with E-state index in [9.17, 15) is 0 Å². The highest BCUT2D eigenvalue weighted by Crippen LogP contribution is 2.25. The molecule has 0 N–H and O–H groups in total. The Morgan fingerprint density at radius 3 is 2.31 bits per heavy atom. The van der Waals surface area contributed by atoms with E-state index in [4.69, 9.17) is 0 Å². The first kappa shape index (κ1) is 11.2. The van der Waals surface area contributed by atoms with Crippen molar-refractivity contribution in [2.75, 3.05) is 0 Å². The summed E-state index contributed by atoms with van der Waals surface area (Å²) < 4.78 is 2.17. The fraction of sp³-hybridized carbons (Fsp3) is 0.500. The van der Waals surface area contributed by atoms with Crippen molar-refractivity contribution in [3.8, 4) is 0 Å². The molecule has 0 aliphatic heterocycles. The van der Waals surface area contributed by atoms with Crippen LogP contribution in [0.1, 0.15) is 56.4 Å². The molecule has 2 heteroatoms. The molecule has 2 heterocycles. The zero-order valence-corrected chi connectivity index (χ0v) is 10.8. The Labute approximate surface area is 97.3 Å². The van der Waals surface area contributed by atoms with E-state index in [0.29, 0.717) is 11.8 Å². The van der Waals surface area contributed by atoms with Crippen molar-refractivity contribution in [3.05, 3.63) is 35.3 Å². The first-order chi connectivity index (χ1) is 7.49. The Bertz CT molecular complexity index is 507. The van der Waals surface area contributed by atoms with E-state index in [1.807, 2.05) is 6.92 Å².